The monoisotopic (exact) mass is 448 g/mol. The first-order chi connectivity index (χ1) is 16.1. The SMILES string of the molecule is O=C(/C=C\c1cccnc1)NCCCCCCCC(c1ccc(F)cc1)c1ccc(F)cc1. The number of benzene rings is 2. The Morgan fingerprint density at radius 3 is 2.06 bits per heavy atom. The number of amides is 1. The van der Waals surface area contributed by atoms with Crippen LogP contribution in [0, 0.1) is 11.6 Å². The quantitative estimate of drug-likeness (QED) is 0.249. The van der Waals surface area contributed by atoms with Crippen LogP contribution in [0.2, 0.25) is 0 Å². The lowest BCUT2D eigenvalue weighted by Gasteiger charge is -2.18. The van der Waals surface area contributed by atoms with Gasteiger partial charge in [0.25, 0.3) is 0 Å². The van der Waals surface area contributed by atoms with Crippen molar-refractivity contribution in [3.63, 3.8) is 0 Å². The van der Waals surface area contributed by atoms with Gasteiger partial charge in [0, 0.05) is 30.9 Å². The number of unbranched alkanes of at least 4 members (excludes halogenated alkanes) is 4. The zero-order valence-electron chi connectivity index (χ0n) is 18.7. The van der Waals surface area contributed by atoms with Gasteiger partial charge in [0.2, 0.25) is 5.91 Å². The van der Waals surface area contributed by atoms with E-state index in [1.807, 2.05) is 36.4 Å². The summed E-state index contributed by atoms with van der Waals surface area (Å²) in [6.45, 7) is 0.657. The van der Waals surface area contributed by atoms with Gasteiger partial charge in [0.15, 0.2) is 0 Å². The number of nitrogens with one attached hydrogen (secondary N) is 1. The van der Waals surface area contributed by atoms with Crippen LogP contribution >= 0.6 is 0 Å². The second kappa shape index (κ2) is 13.3. The minimum atomic E-state index is -0.253. The van der Waals surface area contributed by atoms with Crippen molar-refractivity contribution >= 4 is 12.0 Å². The summed E-state index contributed by atoms with van der Waals surface area (Å²) in [5.74, 6) is -0.482. The molecule has 0 aliphatic rings. The largest absolute Gasteiger partial charge is 0.353 e. The van der Waals surface area contributed by atoms with Gasteiger partial charge < -0.3 is 5.32 Å². The number of carbonyl (C=O) groups excluding carboxylic acids is 1. The Morgan fingerprint density at radius 1 is 0.848 bits per heavy atom. The second-order valence-electron chi connectivity index (χ2n) is 8.12. The lowest BCUT2D eigenvalue weighted by Crippen LogP contribution is -2.21. The lowest BCUT2D eigenvalue weighted by atomic mass is 9.86. The van der Waals surface area contributed by atoms with E-state index in [1.54, 1.807) is 18.5 Å². The topological polar surface area (TPSA) is 42.0 Å². The zero-order chi connectivity index (χ0) is 23.3. The molecule has 0 unspecified atom stereocenters. The molecule has 3 rings (SSSR count). The van der Waals surface area contributed by atoms with E-state index in [-0.39, 0.29) is 23.5 Å². The summed E-state index contributed by atoms with van der Waals surface area (Å²) in [6.07, 6.45) is 12.8. The molecule has 0 aliphatic carbocycles. The first-order valence-electron chi connectivity index (χ1n) is 11.5. The predicted octanol–water partition coefficient (Wildman–Crippen LogP) is 6.66. The molecule has 1 aromatic heterocycles. The molecule has 3 nitrogen and oxygen atoms in total. The molecular weight excluding hydrogens is 418 g/mol. The van der Waals surface area contributed by atoms with Gasteiger partial charge in [-0.05, 0) is 65.9 Å². The molecule has 0 saturated carbocycles. The molecule has 1 heterocycles. The predicted molar refractivity (Wildman–Crippen MR) is 129 cm³/mol. The maximum atomic E-state index is 13.3. The molecule has 2 aromatic carbocycles. The zero-order valence-corrected chi connectivity index (χ0v) is 18.7. The van der Waals surface area contributed by atoms with E-state index < -0.39 is 0 Å². The van der Waals surface area contributed by atoms with Gasteiger partial charge in [0.05, 0.1) is 0 Å². The molecule has 0 bridgehead atoms. The van der Waals surface area contributed by atoms with Crippen molar-refractivity contribution in [2.45, 2.75) is 44.4 Å². The van der Waals surface area contributed by atoms with Gasteiger partial charge in [-0.3, -0.25) is 9.78 Å². The van der Waals surface area contributed by atoms with Crippen LogP contribution in [-0.4, -0.2) is 17.4 Å². The number of halogens is 2. The fourth-order valence-corrected chi connectivity index (χ4v) is 3.84. The van der Waals surface area contributed by atoms with Gasteiger partial charge in [-0.25, -0.2) is 8.78 Å². The molecule has 3 aromatic rings. The van der Waals surface area contributed by atoms with Crippen LogP contribution < -0.4 is 5.32 Å². The maximum Gasteiger partial charge on any atom is 0.243 e. The molecule has 33 heavy (non-hydrogen) atoms. The first-order valence-corrected chi connectivity index (χ1v) is 11.5. The Hall–Kier alpha value is -3.34. The van der Waals surface area contributed by atoms with Crippen molar-refractivity contribution in [2.75, 3.05) is 6.54 Å². The molecule has 0 saturated heterocycles. The summed E-state index contributed by atoms with van der Waals surface area (Å²) in [7, 11) is 0. The molecule has 1 amide bonds. The Morgan fingerprint density at radius 2 is 1.45 bits per heavy atom. The van der Waals surface area contributed by atoms with E-state index in [0.717, 1.165) is 55.2 Å². The van der Waals surface area contributed by atoms with Crippen LogP contribution in [0.25, 0.3) is 6.08 Å². The number of nitrogens with zero attached hydrogens (tertiary/aromatic N) is 1. The summed E-state index contributed by atoms with van der Waals surface area (Å²) in [6, 6.07) is 16.9. The van der Waals surface area contributed by atoms with Gasteiger partial charge in [-0.1, -0.05) is 56.0 Å². The van der Waals surface area contributed by atoms with Crippen LogP contribution in [0.3, 0.4) is 0 Å². The van der Waals surface area contributed by atoms with Crippen molar-refractivity contribution in [2.24, 2.45) is 0 Å². The van der Waals surface area contributed by atoms with Crippen LogP contribution in [-0.2, 0) is 4.79 Å². The Labute approximate surface area is 194 Å². The van der Waals surface area contributed by atoms with Crippen molar-refractivity contribution in [1.29, 1.82) is 0 Å². The maximum absolute atomic E-state index is 13.3. The number of pyridine rings is 1. The van der Waals surface area contributed by atoms with E-state index >= 15 is 0 Å². The van der Waals surface area contributed by atoms with Gasteiger partial charge in [-0.2, -0.15) is 0 Å². The van der Waals surface area contributed by atoms with Crippen molar-refractivity contribution in [3.05, 3.63) is 107 Å². The van der Waals surface area contributed by atoms with E-state index in [9.17, 15) is 13.6 Å². The minimum absolute atomic E-state index is 0.0970. The number of hydrogen-bond acceptors (Lipinski definition) is 2. The molecule has 0 aliphatic heterocycles. The molecule has 0 radical (unpaired) electrons. The standard InChI is InChI=1S/C28H30F2N2O/c29-25-14-10-23(11-15-25)27(24-12-16-26(30)17-13-24)8-4-2-1-3-5-20-32-28(33)18-9-22-7-6-19-31-21-22/h6-7,9-19,21,27H,1-5,8,20H2,(H,32,33)/b18-9-. The highest BCUT2D eigenvalue weighted by Crippen LogP contribution is 2.30. The average molecular weight is 449 g/mol. The average Bonchev–Trinajstić information content (AvgIpc) is 2.84. The van der Waals surface area contributed by atoms with Crippen molar-refractivity contribution in [3.8, 4) is 0 Å². The third-order valence-corrected chi connectivity index (χ3v) is 5.63. The highest BCUT2D eigenvalue weighted by atomic mass is 19.1. The van der Waals surface area contributed by atoms with E-state index in [1.165, 1.54) is 30.3 Å². The molecule has 1 N–H and O–H groups in total. The molecule has 0 spiro atoms. The van der Waals surface area contributed by atoms with Gasteiger partial charge in [0.1, 0.15) is 11.6 Å². The van der Waals surface area contributed by atoms with E-state index in [2.05, 4.69) is 10.3 Å². The van der Waals surface area contributed by atoms with Crippen molar-refractivity contribution < 1.29 is 13.6 Å². The first kappa shape index (κ1) is 24.3. The van der Waals surface area contributed by atoms with Crippen LogP contribution in [0.5, 0.6) is 0 Å². The summed E-state index contributed by atoms with van der Waals surface area (Å²) in [5, 5.41) is 2.91. The summed E-state index contributed by atoms with van der Waals surface area (Å²) in [4.78, 5) is 15.9. The minimum Gasteiger partial charge on any atom is -0.353 e. The molecular formula is C28H30F2N2O. The Bertz CT molecular complexity index is 957. The van der Waals surface area contributed by atoms with Crippen molar-refractivity contribution in [1.82, 2.24) is 10.3 Å². The Kier molecular flexibility index (Phi) is 9.77. The number of carbonyl (C=O) groups is 1. The summed E-state index contributed by atoms with van der Waals surface area (Å²) in [5.41, 5.74) is 2.99. The van der Waals surface area contributed by atoms with Crippen LogP contribution in [0.4, 0.5) is 8.78 Å². The third-order valence-electron chi connectivity index (χ3n) is 5.63. The summed E-state index contributed by atoms with van der Waals surface area (Å²) < 4.78 is 26.7. The molecule has 172 valence electrons. The molecule has 0 fully saturated rings. The fraction of sp³-hybridized carbons (Fsp3) is 0.286. The normalized spacial score (nSPS) is 11.2. The number of aromatic nitrogens is 1. The lowest BCUT2D eigenvalue weighted by molar-refractivity contribution is -0.116. The summed E-state index contributed by atoms with van der Waals surface area (Å²) >= 11 is 0. The fourth-order valence-electron chi connectivity index (χ4n) is 3.84. The molecule has 0 atom stereocenters. The smallest absolute Gasteiger partial charge is 0.243 e. The van der Waals surface area contributed by atoms with E-state index in [4.69, 9.17) is 0 Å². The Balaban J connectivity index is 1.36. The number of rotatable bonds is 12. The highest BCUT2D eigenvalue weighted by Gasteiger charge is 2.14. The van der Waals surface area contributed by atoms with E-state index in [0.29, 0.717) is 6.54 Å². The van der Waals surface area contributed by atoms with Gasteiger partial charge >= 0.3 is 0 Å². The van der Waals surface area contributed by atoms with Crippen LogP contribution in [0.1, 0.15) is 61.1 Å². The molecule has 5 heteroatoms. The van der Waals surface area contributed by atoms with Crippen LogP contribution in [0.15, 0.2) is 79.1 Å². The number of hydrogen-bond donors (Lipinski definition) is 1. The van der Waals surface area contributed by atoms with Gasteiger partial charge in [-0.15, -0.1) is 0 Å². The third kappa shape index (κ3) is 8.60. The second-order valence-corrected chi connectivity index (χ2v) is 8.12. The highest BCUT2D eigenvalue weighted by molar-refractivity contribution is 5.91.